The molecule has 2 N–H and O–H groups in total. The van der Waals surface area contributed by atoms with Crippen molar-refractivity contribution in [3.63, 3.8) is 0 Å². The minimum atomic E-state index is 0.177. The van der Waals surface area contributed by atoms with Gasteiger partial charge in [0.05, 0.1) is 7.11 Å². The van der Waals surface area contributed by atoms with Crippen LogP contribution in [0.25, 0.3) is 0 Å². The topological polar surface area (TPSA) is 49.7 Å². The second-order valence-corrected chi connectivity index (χ2v) is 7.88. The molecule has 0 bridgehead atoms. The van der Waals surface area contributed by atoms with E-state index in [4.69, 9.17) is 4.74 Å². The zero-order valence-corrected chi connectivity index (χ0v) is 18.4. The van der Waals surface area contributed by atoms with Crippen molar-refractivity contribution in [2.45, 2.75) is 104 Å². The molecule has 1 aromatic rings. The van der Waals surface area contributed by atoms with Crippen molar-refractivity contribution >= 4 is 0 Å². The summed E-state index contributed by atoms with van der Waals surface area (Å²) in [6.07, 6.45) is 22.1. The standard InChI is InChI=1S/C25H42O3/c1-4-5-6-7-8-9-10-11-12-13-14-15-16-17-18-19-22-21(2)23(26)20-24(28-3)25(22)27/h9-10,20,26-27H,4-8,11-19H2,1-3H3/b10-9+. The van der Waals surface area contributed by atoms with Gasteiger partial charge in [0, 0.05) is 11.6 Å². The minimum absolute atomic E-state index is 0.177. The first-order valence-electron chi connectivity index (χ1n) is 11.3. The van der Waals surface area contributed by atoms with E-state index < -0.39 is 0 Å². The first-order chi connectivity index (χ1) is 13.6. The Bertz CT molecular complexity index is 563. The Labute approximate surface area is 172 Å². The third-order valence-electron chi connectivity index (χ3n) is 5.53. The van der Waals surface area contributed by atoms with Crippen molar-refractivity contribution in [1.29, 1.82) is 0 Å². The molecule has 0 saturated carbocycles. The summed E-state index contributed by atoms with van der Waals surface area (Å²) < 4.78 is 5.14. The molecule has 0 heterocycles. The lowest BCUT2D eigenvalue weighted by molar-refractivity contribution is 0.364. The van der Waals surface area contributed by atoms with Crippen LogP contribution >= 0.6 is 0 Å². The third-order valence-corrected chi connectivity index (χ3v) is 5.53. The first-order valence-corrected chi connectivity index (χ1v) is 11.3. The number of rotatable bonds is 16. The van der Waals surface area contributed by atoms with Crippen molar-refractivity contribution < 1.29 is 14.9 Å². The maximum absolute atomic E-state index is 10.3. The molecule has 0 radical (unpaired) electrons. The zero-order valence-electron chi connectivity index (χ0n) is 18.4. The number of hydrogen-bond acceptors (Lipinski definition) is 3. The van der Waals surface area contributed by atoms with Crippen LogP contribution in [0.3, 0.4) is 0 Å². The lowest BCUT2D eigenvalue weighted by atomic mass is 9.98. The average Bonchev–Trinajstić information content (AvgIpc) is 2.69. The monoisotopic (exact) mass is 390 g/mol. The van der Waals surface area contributed by atoms with Gasteiger partial charge in [0.2, 0.25) is 0 Å². The number of aromatic hydroxyl groups is 2. The summed E-state index contributed by atoms with van der Waals surface area (Å²) in [5, 5.41) is 20.2. The van der Waals surface area contributed by atoms with Crippen LogP contribution in [0, 0.1) is 6.92 Å². The van der Waals surface area contributed by atoms with Crippen LogP contribution in [0.2, 0.25) is 0 Å². The van der Waals surface area contributed by atoms with Gasteiger partial charge in [0.25, 0.3) is 0 Å². The van der Waals surface area contributed by atoms with Crippen LogP contribution in [-0.2, 0) is 6.42 Å². The SMILES string of the molecule is CCCCCC/C=C/CCCCCCCCCc1c(C)c(O)cc(OC)c1O. The van der Waals surface area contributed by atoms with Gasteiger partial charge in [-0.05, 0) is 51.0 Å². The van der Waals surface area contributed by atoms with Crippen molar-refractivity contribution in [2.75, 3.05) is 7.11 Å². The maximum Gasteiger partial charge on any atom is 0.164 e. The molecule has 0 spiro atoms. The minimum Gasteiger partial charge on any atom is -0.508 e. The largest absolute Gasteiger partial charge is 0.508 e. The van der Waals surface area contributed by atoms with E-state index in [0.29, 0.717) is 5.75 Å². The molecule has 0 aliphatic rings. The molecule has 1 rings (SSSR count). The number of phenols is 2. The number of ether oxygens (including phenoxy) is 1. The number of methoxy groups -OCH3 is 1. The van der Waals surface area contributed by atoms with Gasteiger partial charge < -0.3 is 14.9 Å². The highest BCUT2D eigenvalue weighted by atomic mass is 16.5. The van der Waals surface area contributed by atoms with Gasteiger partial charge in [0.15, 0.2) is 11.5 Å². The van der Waals surface area contributed by atoms with Crippen LogP contribution in [0.1, 0.15) is 102 Å². The second kappa shape index (κ2) is 15.3. The van der Waals surface area contributed by atoms with E-state index in [1.54, 1.807) is 0 Å². The van der Waals surface area contributed by atoms with Crippen LogP contribution in [-0.4, -0.2) is 17.3 Å². The highest BCUT2D eigenvalue weighted by molar-refractivity contribution is 5.55. The Morgan fingerprint density at radius 2 is 1.36 bits per heavy atom. The first kappa shape index (κ1) is 24.4. The number of hydrogen-bond donors (Lipinski definition) is 2. The van der Waals surface area contributed by atoms with Gasteiger partial charge in [-0.25, -0.2) is 0 Å². The second-order valence-electron chi connectivity index (χ2n) is 7.88. The fraction of sp³-hybridized carbons (Fsp3) is 0.680. The maximum atomic E-state index is 10.3. The molecule has 28 heavy (non-hydrogen) atoms. The molecule has 3 heteroatoms. The summed E-state index contributed by atoms with van der Waals surface area (Å²) in [4.78, 5) is 0. The van der Waals surface area contributed by atoms with Crippen molar-refractivity contribution in [3.05, 3.63) is 29.3 Å². The molecule has 0 saturated heterocycles. The van der Waals surface area contributed by atoms with E-state index in [-0.39, 0.29) is 11.5 Å². The van der Waals surface area contributed by atoms with E-state index in [1.165, 1.54) is 83.8 Å². The Balaban J connectivity index is 2.06. The summed E-state index contributed by atoms with van der Waals surface area (Å²) in [6.45, 7) is 4.11. The Morgan fingerprint density at radius 3 is 1.93 bits per heavy atom. The summed E-state index contributed by atoms with van der Waals surface area (Å²) >= 11 is 0. The van der Waals surface area contributed by atoms with E-state index in [1.807, 2.05) is 6.92 Å². The van der Waals surface area contributed by atoms with Crippen LogP contribution < -0.4 is 4.74 Å². The quantitative estimate of drug-likeness (QED) is 0.173. The molecule has 1 aromatic carbocycles. The van der Waals surface area contributed by atoms with Gasteiger partial charge in [-0.2, -0.15) is 0 Å². The normalized spacial score (nSPS) is 11.4. The molecule has 0 aliphatic carbocycles. The Hall–Kier alpha value is -1.64. The summed E-state index contributed by atoms with van der Waals surface area (Å²) in [5.41, 5.74) is 1.58. The summed E-state index contributed by atoms with van der Waals surface area (Å²) in [6, 6.07) is 1.48. The van der Waals surface area contributed by atoms with E-state index in [0.717, 1.165) is 30.4 Å². The van der Waals surface area contributed by atoms with E-state index in [9.17, 15) is 10.2 Å². The molecule has 160 valence electrons. The summed E-state index contributed by atoms with van der Waals surface area (Å²) in [5.74, 6) is 0.726. The fourth-order valence-corrected chi connectivity index (χ4v) is 3.62. The average molecular weight is 391 g/mol. The molecular formula is C25H42O3. The molecule has 3 nitrogen and oxygen atoms in total. The number of unbranched alkanes of at least 4 members (excludes halogenated alkanes) is 11. The van der Waals surface area contributed by atoms with E-state index in [2.05, 4.69) is 19.1 Å². The van der Waals surface area contributed by atoms with Crippen LogP contribution in [0.5, 0.6) is 17.2 Å². The number of phenolic OH excluding ortho intramolecular Hbond substituents is 2. The number of benzene rings is 1. The van der Waals surface area contributed by atoms with Gasteiger partial charge >= 0.3 is 0 Å². The highest BCUT2D eigenvalue weighted by Gasteiger charge is 2.14. The highest BCUT2D eigenvalue weighted by Crippen LogP contribution is 2.38. The summed E-state index contributed by atoms with van der Waals surface area (Å²) in [7, 11) is 1.51. The van der Waals surface area contributed by atoms with Gasteiger partial charge in [-0.3, -0.25) is 0 Å². The third kappa shape index (κ3) is 9.52. The predicted molar refractivity (Wildman–Crippen MR) is 120 cm³/mol. The molecule has 0 amide bonds. The fourth-order valence-electron chi connectivity index (χ4n) is 3.62. The molecule has 0 aromatic heterocycles. The van der Waals surface area contributed by atoms with Crippen molar-refractivity contribution in [1.82, 2.24) is 0 Å². The predicted octanol–water partition coefficient (Wildman–Crippen LogP) is 7.60. The van der Waals surface area contributed by atoms with Crippen LogP contribution in [0.15, 0.2) is 18.2 Å². The molecule has 0 unspecified atom stereocenters. The lowest BCUT2D eigenvalue weighted by Crippen LogP contribution is -1.95. The Kier molecular flexibility index (Phi) is 13.3. The van der Waals surface area contributed by atoms with Crippen LogP contribution in [0.4, 0.5) is 0 Å². The lowest BCUT2D eigenvalue weighted by Gasteiger charge is -2.13. The Morgan fingerprint density at radius 1 is 0.821 bits per heavy atom. The molecule has 0 fully saturated rings. The van der Waals surface area contributed by atoms with Gasteiger partial charge in [-0.1, -0.05) is 70.4 Å². The smallest absolute Gasteiger partial charge is 0.164 e. The zero-order chi connectivity index (χ0) is 20.6. The molecular weight excluding hydrogens is 348 g/mol. The van der Waals surface area contributed by atoms with Gasteiger partial charge in [0.1, 0.15) is 5.75 Å². The molecule has 0 aliphatic heterocycles. The molecule has 0 atom stereocenters. The van der Waals surface area contributed by atoms with Crippen molar-refractivity contribution in [3.8, 4) is 17.2 Å². The van der Waals surface area contributed by atoms with Crippen molar-refractivity contribution in [2.24, 2.45) is 0 Å². The van der Waals surface area contributed by atoms with E-state index >= 15 is 0 Å². The van der Waals surface area contributed by atoms with Gasteiger partial charge in [-0.15, -0.1) is 0 Å². The number of allylic oxidation sites excluding steroid dienone is 2.